The Kier molecular flexibility index (Phi) is 3.57. The number of carbonyl (C=O) groups is 2. The molecule has 2 fully saturated rings. The fourth-order valence-corrected chi connectivity index (χ4v) is 3.27. The minimum absolute atomic E-state index is 0.0489. The van der Waals surface area contributed by atoms with E-state index in [4.69, 9.17) is 5.73 Å². The van der Waals surface area contributed by atoms with Crippen LogP contribution in [0.1, 0.15) is 38.5 Å². The second-order valence-corrected chi connectivity index (χ2v) is 5.89. The lowest BCUT2D eigenvalue weighted by Gasteiger charge is -2.30. The Morgan fingerprint density at radius 2 is 2.00 bits per heavy atom. The van der Waals surface area contributed by atoms with Crippen molar-refractivity contribution in [2.24, 2.45) is 0 Å². The summed E-state index contributed by atoms with van der Waals surface area (Å²) >= 11 is 0. The molecule has 0 unspecified atom stereocenters. The SMILES string of the molecule is Nc1ccn(CCCN2C(=O)NC3(CCCCC3)C2=O)n1. The predicted octanol–water partition coefficient (Wildman–Crippen LogP) is 1.11. The third-order valence-electron chi connectivity index (χ3n) is 4.38. The van der Waals surface area contributed by atoms with Gasteiger partial charge in [0.25, 0.3) is 5.91 Å². The molecule has 3 N–H and O–H groups in total. The number of rotatable bonds is 4. The summed E-state index contributed by atoms with van der Waals surface area (Å²) in [6, 6.07) is 1.48. The van der Waals surface area contributed by atoms with E-state index in [0.717, 1.165) is 32.1 Å². The average molecular weight is 291 g/mol. The van der Waals surface area contributed by atoms with Crippen molar-refractivity contribution in [2.75, 3.05) is 12.3 Å². The number of nitrogens with one attached hydrogen (secondary N) is 1. The fourth-order valence-electron chi connectivity index (χ4n) is 3.27. The number of hydrogen-bond acceptors (Lipinski definition) is 4. The number of hydrogen-bond donors (Lipinski definition) is 2. The highest BCUT2D eigenvalue weighted by atomic mass is 16.2. The zero-order valence-electron chi connectivity index (χ0n) is 12.0. The Morgan fingerprint density at radius 1 is 1.24 bits per heavy atom. The minimum atomic E-state index is -0.620. The standard InChI is InChI=1S/C14H21N5O2/c15-11-5-10-18(17-11)8-4-9-19-12(20)14(16-13(19)21)6-2-1-3-7-14/h5,10H,1-4,6-9H2,(H2,15,17)(H,16,21). The molecule has 114 valence electrons. The molecular weight excluding hydrogens is 270 g/mol. The summed E-state index contributed by atoms with van der Waals surface area (Å²) in [5, 5.41) is 7.00. The van der Waals surface area contributed by atoms with Crippen molar-refractivity contribution in [3.63, 3.8) is 0 Å². The van der Waals surface area contributed by atoms with E-state index in [1.807, 2.05) is 0 Å². The highest BCUT2D eigenvalue weighted by Crippen LogP contribution is 2.33. The van der Waals surface area contributed by atoms with Gasteiger partial charge in [0.1, 0.15) is 11.4 Å². The summed E-state index contributed by atoms with van der Waals surface area (Å²) in [6.45, 7) is 1.06. The molecule has 1 aliphatic heterocycles. The van der Waals surface area contributed by atoms with Crippen molar-refractivity contribution in [2.45, 2.75) is 50.6 Å². The summed E-state index contributed by atoms with van der Waals surface area (Å²) < 4.78 is 1.73. The zero-order chi connectivity index (χ0) is 14.9. The first kappa shape index (κ1) is 13.9. The number of amides is 3. The molecular formula is C14H21N5O2. The second kappa shape index (κ2) is 5.38. The van der Waals surface area contributed by atoms with Crippen LogP contribution in [-0.2, 0) is 11.3 Å². The fraction of sp³-hybridized carbons (Fsp3) is 0.643. The summed E-state index contributed by atoms with van der Waals surface area (Å²) in [6.07, 6.45) is 7.16. The maximum absolute atomic E-state index is 12.5. The second-order valence-electron chi connectivity index (χ2n) is 5.89. The summed E-state index contributed by atoms with van der Waals surface area (Å²) in [5.41, 5.74) is 4.93. The van der Waals surface area contributed by atoms with Crippen molar-refractivity contribution in [3.8, 4) is 0 Å². The van der Waals surface area contributed by atoms with Gasteiger partial charge in [-0.1, -0.05) is 19.3 Å². The van der Waals surface area contributed by atoms with E-state index in [0.29, 0.717) is 25.3 Å². The summed E-state index contributed by atoms with van der Waals surface area (Å²) in [7, 11) is 0. The van der Waals surface area contributed by atoms with Gasteiger partial charge in [-0.2, -0.15) is 5.10 Å². The van der Waals surface area contributed by atoms with Gasteiger partial charge in [-0.3, -0.25) is 14.4 Å². The van der Waals surface area contributed by atoms with Crippen molar-refractivity contribution in [3.05, 3.63) is 12.3 Å². The first-order valence-electron chi connectivity index (χ1n) is 7.54. The van der Waals surface area contributed by atoms with E-state index in [1.54, 1.807) is 16.9 Å². The van der Waals surface area contributed by atoms with Crippen LogP contribution >= 0.6 is 0 Å². The van der Waals surface area contributed by atoms with E-state index >= 15 is 0 Å². The molecule has 3 amide bonds. The first-order valence-corrected chi connectivity index (χ1v) is 7.54. The average Bonchev–Trinajstić information content (AvgIpc) is 2.97. The Labute approximate surface area is 123 Å². The minimum Gasteiger partial charge on any atom is -0.382 e. The molecule has 2 heterocycles. The van der Waals surface area contributed by atoms with Gasteiger partial charge in [0.05, 0.1) is 0 Å². The number of imide groups is 1. The zero-order valence-corrected chi connectivity index (χ0v) is 12.0. The molecule has 1 saturated carbocycles. The van der Waals surface area contributed by atoms with Gasteiger partial charge < -0.3 is 11.1 Å². The summed E-state index contributed by atoms with van der Waals surface area (Å²) in [4.78, 5) is 26.0. The molecule has 1 aromatic rings. The Morgan fingerprint density at radius 3 is 2.67 bits per heavy atom. The number of urea groups is 1. The molecule has 1 saturated heterocycles. The molecule has 7 heteroatoms. The quantitative estimate of drug-likeness (QED) is 0.813. The number of nitrogen functional groups attached to an aromatic ring is 1. The topological polar surface area (TPSA) is 93.2 Å². The van der Waals surface area contributed by atoms with Crippen LogP contribution in [0.4, 0.5) is 10.6 Å². The van der Waals surface area contributed by atoms with E-state index in [1.165, 1.54) is 4.90 Å². The maximum atomic E-state index is 12.5. The van der Waals surface area contributed by atoms with E-state index in [-0.39, 0.29) is 11.9 Å². The molecule has 1 spiro atoms. The molecule has 21 heavy (non-hydrogen) atoms. The molecule has 1 aromatic heterocycles. The number of carbonyl (C=O) groups excluding carboxylic acids is 2. The lowest BCUT2D eigenvalue weighted by atomic mass is 9.82. The van der Waals surface area contributed by atoms with Gasteiger partial charge >= 0.3 is 6.03 Å². The van der Waals surface area contributed by atoms with Crippen LogP contribution in [0.3, 0.4) is 0 Å². The number of aryl methyl sites for hydroxylation is 1. The van der Waals surface area contributed by atoms with Crippen LogP contribution < -0.4 is 11.1 Å². The van der Waals surface area contributed by atoms with E-state index in [9.17, 15) is 9.59 Å². The van der Waals surface area contributed by atoms with Crippen LogP contribution in [0, 0.1) is 0 Å². The Bertz CT molecular complexity index is 547. The van der Waals surface area contributed by atoms with Crippen LogP contribution in [-0.4, -0.2) is 38.7 Å². The molecule has 7 nitrogen and oxygen atoms in total. The molecule has 0 atom stereocenters. The molecule has 0 radical (unpaired) electrons. The normalized spacial score (nSPS) is 21.0. The maximum Gasteiger partial charge on any atom is 0.325 e. The predicted molar refractivity (Wildman–Crippen MR) is 77.3 cm³/mol. The van der Waals surface area contributed by atoms with Crippen molar-refractivity contribution in [1.82, 2.24) is 20.0 Å². The highest BCUT2D eigenvalue weighted by Gasteiger charge is 2.50. The smallest absolute Gasteiger partial charge is 0.325 e. The van der Waals surface area contributed by atoms with Crippen molar-refractivity contribution in [1.29, 1.82) is 0 Å². The van der Waals surface area contributed by atoms with E-state index < -0.39 is 5.54 Å². The molecule has 1 aliphatic carbocycles. The van der Waals surface area contributed by atoms with Gasteiger partial charge in [-0.15, -0.1) is 0 Å². The largest absolute Gasteiger partial charge is 0.382 e. The van der Waals surface area contributed by atoms with Crippen LogP contribution in [0.15, 0.2) is 12.3 Å². The number of nitrogens with zero attached hydrogens (tertiary/aromatic N) is 3. The number of nitrogens with two attached hydrogens (primary N) is 1. The monoisotopic (exact) mass is 291 g/mol. The van der Waals surface area contributed by atoms with Gasteiger partial charge in [0.2, 0.25) is 0 Å². The van der Waals surface area contributed by atoms with E-state index in [2.05, 4.69) is 10.4 Å². The third-order valence-corrected chi connectivity index (χ3v) is 4.38. The third kappa shape index (κ3) is 2.59. The van der Waals surface area contributed by atoms with Crippen LogP contribution in [0.5, 0.6) is 0 Å². The Balaban J connectivity index is 1.58. The Hall–Kier alpha value is -2.05. The lowest BCUT2D eigenvalue weighted by Crippen LogP contribution is -2.48. The van der Waals surface area contributed by atoms with Crippen molar-refractivity contribution >= 4 is 17.8 Å². The highest BCUT2D eigenvalue weighted by molar-refractivity contribution is 6.07. The molecule has 0 bridgehead atoms. The molecule has 0 aromatic carbocycles. The molecule has 3 rings (SSSR count). The van der Waals surface area contributed by atoms with Crippen LogP contribution in [0.25, 0.3) is 0 Å². The van der Waals surface area contributed by atoms with Gasteiger partial charge in [-0.25, -0.2) is 4.79 Å². The summed E-state index contributed by atoms with van der Waals surface area (Å²) in [5.74, 6) is 0.429. The van der Waals surface area contributed by atoms with Gasteiger partial charge in [0, 0.05) is 19.3 Å². The molecule has 2 aliphatic rings. The van der Waals surface area contributed by atoms with Gasteiger partial charge in [0.15, 0.2) is 0 Å². The van der Waals surface area contributed by atoms with Crippen molar-refractivity contribution < 1.29 is 9.59 Å². The lowest BCUT2D eigenvalue weighted by molar-refractivity contribution is -0.132. The first-order chi connectivity index (χ1) is 10.1. The number of aromatic nitrogens is 2. The van der Waals surface area contributed by atoms with Crippen LogP contribution in [0.2, 0.25) is 0 Å². The number of anilines is 1. The van der Waals surface area contributed by atoms with Gasteiger partial charge in [-0.05, 0) is 25.3 Å².